The van der Waals surface area contributed by atoms with Gasteiger partial charge in [-0.1, -0.05) is 19.1 Å². The van der Waals surface area contributed by atoms with Crippen LogP contribution in [0, 0.1) is 5.92 Å². The Bertz CT molecular complexity index is 482. The van der Waals surface area contributed by atoms with Crippen molar-refractivity contribution in [1.82, 2.24) is 5.32 Å². The van der Waals surface area contributed by atoms with E-state index >= 15 is 0 Å². The molecule has 0 heterocycles. The van der Waals surface area contributed by atoms with Crippen molar-refractivity contribution >= 4 is 5.91 Å². The van der Waals surface area contributed by atoms with Crippen LogP contribution in [0.3, 0.4) is 0 Å². The Morgan fingerprint density at radius 2 is 2.05 bits per heavy atom. The molecule has 1 unspecified atom stereocenters. The zero-order valence-electron chi connectivity index (χ0n) is 13.7. The lowest BCUT2D eigenvalue weighted by Crippen LogP contribution is -2.53. The first-order valence-corrected chi connectivity index (χ1v) is 8.30. The highest BCUT2D eigenvalue weighted by Gasteiger charge is 2.41. The molecule has 0 spiro atoms. The fourth-order valence-corrected chi connectivity index (χ4v) is 2.65. The molecule has 1 saturated carbocycles. The van der Waals surface area contributed by atoms with E-state index in [0.29, 0.717) is 18.9 Å². The number of hydrogen-bond acceptors (Lipinski definition) is 3. The predicted octanol–water partition coefficient (Wildman–Crippen LogP) is 2.65. The van der Waals surface area contributed by atoms with Crippen molar-refractivity contribution in [2.45, 2.75) is 51.5 Å². The maximum absolute atomic E-state index is 12.1. The van der Waals surface area contributed by atoms with Gasteiger partial charge in [-0.05, 0) is 56.2 Å². The lowest BCUT2D eigenvalue weighted by molar-refractivity contribution is -0.123. The Hall–Kier alpha value is -1.55. The van der Waals surface area contributed by atoms with E-state index in [2.05, 4.69) is 19.2 Å². The number of hydrogen-bond donors (Lipinski definition) is 2. The number of carbonyl (C=O) groups is 1. The molecule has 1 aromatic rings. The number of benzene rings is 1. The number of rotatable bonds is 9. The Kier molecular flexibility index (Phi) is 5.83. The zero-order valence-corrected chi connectivity index (χ0v) is 13.7. The van der Waals surface area contributed by atoms with E-state index in [1.54, 1.807) is 0 Å². The standard InChI is InChI=1S/C18H28N2O2/c1-3-12-22-16-9-4-14(5-10-16)6-11-17(21)20-18(2,13-19)15-7-8-15/h4-5,9-10,15H,3,6-8,11-13,19H2,1-2H3,(H,20,21). The van der Waals surface area contributed by atoms with E-state index in [1.807, 2.05) is 24.3 Å². The average Bonchev–Trinajstić information content (AvgIpc) is 3.37. The summed E-state index contributed by atoms with van der Waals surface area (Å²) in [5.74, 6) is 1.53. The van der Waals surface area contributed by atoms with Crippen LogP contribution in [0.1, 0.15) is 45.1 Å². The van der Waals surface area contributed by atoms with Gasteiger partial charge >= 0.3 is 0 Å². The molecule has 0 saturated heterocycles. The van der Waals surface area contributed by atoms with Gasteiger partial charge in [-0.2, -0.15) is 0 Å². The second kappa shape index (κ2) is 7.63. The molecule has 1 aliphatic rings. The van der Waals surface area contributed by atoms with Crippen LogP contribution >= 0.6 is 0 Å². The first kappa shape index (κ1) is 16.8. The highest BCUT2D eigenvalue weighted by molar-refractivity contribution is 5.77. The van der Waals surface area contributed by atoms with Crippen molar-refractivity contribution in [2.75, 3.05) is 13.2 Å². The Labute approximate surface area is 133 Å². The zero-order chi connectivity index (χ0) is 16.0. The van der Waals surface area contributed by atoms with Gasteiger partial charge in [0, 0.05) is 13.0 Å². The second-order valence-corrected chi connectivity index (χ2v) is 6.44. The topological polar surface area (TPSA) is 64.3 Å². The van der Waals surface area contributed by atoms with Gasteiger partial charge in [0.2, 0.25) is 5.91 Å². The van der Waals surface area contributed by atoms with Crippen molar-refractivity contribution in [1.29, 1.82) is 0 Å². The second-order valence-electron chi connectivity index (χ2n) is 6.44. The highest BCUT2D eigenvalue weighted by atomic mass is 16.5. The molecule has 1 aliphatic carbocycles. The van der Waals surface area contributed by atoms with Gasteiger partial charge < -0.3 is 15.8 Å². The number of aryl methyl sites for hydroxylation is 1. The van der Waals surface area contributed by atoms with Gasteiger partial charge in [-0.25, -0.2) is 0 Å². The molecule has 22 heavy (non-hydrogen) atoms. The number of nitrogens with one attached hydrogen (secondary N) is 1. The third-order valence-corrected chi connectivity index (χ3v) is 4.36. The van der Waals surface area contributed by atoms with Crippen molar-refractivity contribution in [3.8, 4) is 5.75 Å². The van der Waals surface area contributed by atoms with Crippen molar-refractivity contribution < 1.29 is 9.53 Å². The van der Waals surface area contributed by atoms with Crippen LogP contribution in [0.25, 0.3) is 0 Å². The third kappa shape index (κ3) is 4.73. The van der Waals surface area contributed by atoms with Gasteiger partial charge in [0.15, 0.2) is 0 Å². The maximum Gasteiger partial charge on any atom is 0.220 e. The molecule has 0 bridgehead atoms. The number of ether oxygens (including phenoxy) is 1. The maximum atomic E-state index is 12.1. The van der Waals surface area contributed by atoms with E-state index in [9.17, 15) is 4.79 Å². The lowest BCUT2D eigenvalue weighted by Gasteiger charge is -2.29. The molecule has 1 aromatic carbocycles. The van der Waals surface area contributed by atoms with Crippen molar-refractivity contribution in [2.24, 2.45) is 11.7 Å². The molecule has 0 aromatic heterocycles. The molecule has 2 rings (SSSR count). The Morgan fingerprint density at radius 3 is 2.59 bits per heavy atom. The van der Waals surface area contributed by atoms with Gasteiger partial charge in [-0.15, -0.1) is 0 Å². The molecule has 1 fully saturated rings. The van der Waals surface area contributed by atoms with Crippen LogP contribution in [0.2, 0.25) is 0 Å². The van der Waals surface area contributed by atoms with E-state index < -0.39 is 0 Å². The average molecular weight is 304 g/mol. The molecule has 0 aliphatic heterocycles. The molecular weight excluding hydrogens is 276 g/mol. The summed E-state index contributed by atoms with van der Waals surface area (Å²) in [6.07, 6.45) is 4.59. The van der Waals surface area contributed by atoms with Crippen LogP contribution in [0.4, 0.5) is 0 Å². The lowest BCUT2D eigenvalue weighted by atomic mass is 9.95. The van der Waals surface area contributed by atoms with E-state index in [-0.39, 0.29) is 11.4 Å². The van der Waals surface area contributed by atoms with E-state index in [1.165, 1.54) is 12.8 Å². The smallest absolute Gasteiger partial charge is 0.220 e. The normalized spacial score (nSPS) is 16.9. The largest absolute Gasteiger partial charge is 0.494 e. The van der Waals surface area contributed by atoms with Gasteiger partial charge in [0.1, 0.15) is 5.75 Å². The van der Waals surface area contributed by atoms with Crippen LogP contribution in [-0.4, -0.2) is 24.6 Å². The van der Waals surface area contributed by atoms with Gasteiger partial charge in [0.25, 0.3) is 0 Å². The first-order valence-electron chi connectivity index (χ1n) is 8.30. The molecule has 4 nitrogen and oxygen atoms in total. The summed E-state index contributed by atoms with van der Waals surface area (Å²) >= 11 is 0. The SMILES string of the molecule is CCCOc1ccc(CCC(=O)NC(C)(CN)C2CC2)cc1. The Morgan fingerprint density at radius 1 is 1.36 bits per heavy atom. The summed E-state index contributed by atoms with van der Waals surface area (Å²) in [7, 11) is 0. The quantitative estimate of drug-likeness (QED) is 0.737. The van der Waals surface area contributed by atoms with Gasteiger partial charge in [0.05, 0.1) is 12.1 Å². The summed E-state index contributed by atoms with van der Waals surface area (Å²) in [5, 5.41) is 3.13. The van der Waals surface area contributed by atoms with E-state index in [0.717, 1.165) is 30.8 Å². The van der Waals surface area contributed by atoms with Crippen LogP contribution in [-0.2, 0) is 11.2 Å². The molecule has 1 amide bonds. The van der Waals surface area contributed by atoms with Crippen molar-refractivity contribution in [3.63, 3.8) is 0 Å². The minimum atomic E-state index is -0.227. The summed E-state index contributed by atoms with van der Waals surface area (Å²) in [4.78, 5) is 12.1. The molecule has 122 valence electrons. The fraction of sp³-hybridized carbons (Fsp3) is 0.611. The molecule has 4 heteroatoms. The summed E-state index contributed by atoms with van der Waals surface area (Å²) in [6.45, 7) is 5.39. The summed E-state index contributed by atoms with van der Waals surface area (Å²) in [6, 6.07) is 8.00. The van der Waals surface area contributed by atoms with Crippen molar-refractivity contribution in [3.05, 3.63) is 29.8 Å². The van der Waals surface area contributed by atoms with Crippen LogP contribution in [0.5, 0.6) is 5.75 Å². The summed E-state index contributed by atoms with van der Waals surface area (Å²) < 4.78 is 5.56. The molecule has 1 atom stereocenters. The highest BCUT2D eigenvalue weighted by Crippen LogP contribution is 2.39. The third-order valence-electron chi connectivity index (χ3n) is 4.36. The Balaban J connectivity index is 1.78. The fourth-order valence-electron chi connectivity index (χ4n) is 2.65. The number of carbonyl (C=O) groups excluding carboxylic acids is 1. The molecular formula is C18H28N2O2. The van der Waals surface area contributed by atoms with Crippen LogP contribution in [0.15, 0.2) is 24.3 Å². The van der Waals surface area contributed by atoms with Crippen LogP contribution < -0.4 is 15.8 Å². The minimum absolute atomic E-state index is 0.0890. The molecule has 3 N–H and O–H groups in total. The number of nitrogens with two attached hydrogens (primary N) is 1. The monoisotopic (exact) mass is 304 g/mol. The minimum Gasteiger partial charge on any atom is -0.494 e. The van der Waals surface area contributed by atoms with Gasteiger partial charge in [-0.3, -0.25) is 4.79 Å². The summed E-state index contributed by atoms with van der Waals surface area (Å²) in [5.41, 5.74) is 6.76. The predicted molar refractivity (Wildman–Crippen MR) is 88.9 cm³/mol. The number of amides is 1. The molecule has 0 radical (unpaired) electrons. The first-order chi connectivity index (χ1) is 10.6. The van der Waals surface area contributed by atoms with E-state index in [4.69, 9.17) is 10.5 Å².